The van der Waals surface area contributed by atoms with Crippen molar-refractivity contribution in [2.45, 2.75) is 37.7 Å². The lowest BCUT2D eigenvalue weighted by atomic mass is 9.90. The summed E-state index contributed by atoms with van der Waals surface area (Å²) in [5, 5.41) is 9.72. The van der Waals surface area contributed by atoms with Crippen LogP contribution in [0.15, 0.2) is 0 Å². The summed E-state index contributed by atoms with van der Waals surface area (Å²) in [6.45, 7) is 0. The molecule has 0 unspecified atom stereocenters. The summed E-state index contributed by atoms with van der Waals surface area (Å²) in [5.41, 5.74) is -1.18. The molecule has 4 heteroatoms. The molecule has 0 spiro atoms. The number of aliphatic hydroxyl groups is 1. The largest absolute Gasteiger partial charge is 0.389 e. The van der Waals surface area contributed by atoms with E-state index in [-0.39, 0.29) is 32.1 Å². The number of hydrogen-bond acceptors (Lipinski definition) is 4. The molecule has 0 atom stereocenters. The molecule has 13 heavy (non-hydrogen) atoms. The SMILES string of the molecule is O=CCCC(O)(CC=O)CCC=O. The molecule has 0 bridgehead atoms. The predicted octanol–water partition coefficient (Wildman–Crippen LogP) is 0.265. The Hall–Kier alpha value is -1.03. The van der Waals surface area contributed by atoms with Crippen LogP contribution in [-0.2, 0) is 14.4 Å². The maximum atomic E-state index is 10.2. The van der Waals surface area contributed by atoms with Gasteiger partial charge >= 0.3 is 0 Å². The van der Waals surface area contributed by atoms with Crippen LogP contribution < -0.4 is 0 Å². The normalized spacial score (nSPS) is 10.8. The van der Waals surface area contributed by atoms with Crippen LogP contribution in [0.1, 0.15) is 32.1 Å². The van der Waals surface area contributed by atoms with Crippen molar-refractivity contribution in [2.24, 2.45) is 0 Å². The fourth-order valence-corrected chi connectivity index (χ4v) is 1.14. The van der Waals surface area contributed by atoms with E-state index in [1.54, 1.807) is 0 Å². The summed E-state index contributed by atoms with van der Waals surface area (Å²) in [6, 6.07) is 0. The lowest BCUT2D eigenvalue weighted by Crippen LogP contribution is -2.29. The van der Waals surface area contributed by atoms with E-state index in [9.17, 15) is 19.5 Å². The molecular formula is C9H14O4. The van der Waals surface area contributed by atoms with E-state index in [1.165, 1.54) is 0 Å². The van der Waals surface area contributed by atoms with E-state index < -0.39 is 5.60 Å². The third kappa shape index (κ3) is 5.25. The molecule has 0 saturated carbocycles. The van der Waals surface area contributed by atoms with Crippen LogP contribution in [0.3, 0.4) is 0 Å². The Bertz CT molecular complexity index is 164. The highest BCUT2D eigenvalue weighted by molar-refractivity contribution is 5.54. The van der Waals surface area contributed by atoms with Crippen LogP contribution in [-0.4, -0.2) is 29.6 Å². The van der Waals surface area contributed by atoms with Gasteiger partial charge < -0.3 is 19.5 Å². The number of carbonyl (C=O) groups is 3. The van der Waals surface area contributed by atoms with Crippen molar-refractivity contribution < 1.29 is 19.5 Å². The minimum Gasteiger partial charge on any atom is -0.389 e. The smallest absolute Gasteiger partial charge is 0.122 e. The lowest BCUT2D eigenvalue weighted by Gasteiger charge is -2.24. The summed E-state index contributed by atoms with van der Waals surface area (Å²) in [6.07, 6.45) is 2.87. The molecular weight excluding hydrogens is 172 g/mol. The highest BCUT2D eigenvalue weighted by atomic mass is 16.3. The fourth-order valence-electron chi connectivity index (χ4n) is 1.14. The number of rotatable bonds is 8. The molecule has 74 valence electrons. The molecule has 0 heterocycles. The molecule has 0 aliphatic heterocycles. The zero-order valence-corrected chi connectivity index (χ0v) is 7.44. The van der Waals surface area contributed by atoms with Gasteiger partial charge in [-0.05, 0) is 12.8 Å². The summed E-state index contributed by atoms with van der Waals surface area (Å²) in [4.78, 5) is 30.3. The average Bonchev–Trinajstić information content (AvgIpc) is 2.12. The summed E-state index contributed by atoms with van der Waals surface area (Å²) in [7, 11) is 0. The van der Waals surface area contributed by atoms with Gasteiger partial charge in [-0.25, -0.2) is 0 Å². The first-order chi connectivity index (χ1) is 6.18. The van der Waals surface area contributed by atoms with Crippen molar-refractivity contribution in [3.8, 4) is 0 Å². The van der Waals surface area contributed by atoms with Gasteiger partial charge in [0.15, 0.2) is 0 Å². The summed E-state index contributed by atoms with van der Waals surface area (Å²) < 4.78 is 0. The van der Waals surface area contributed by atoms with Crippen molar-refractivity contribution in [3.05, 3.63) is 0 Å². The van der Waals surface area contributed by atoms with Gasteiger partial charge in [0.25, 0.3) is 0 Å². The molecule has 0 saturated heterocycles. The van der Waals surface area contributed by atoms with E-state index in [1.807, 2.05) is 0 Å². The Morgan fingerprint density at radius 3 is 1.69 bits per heavy atom. The van der Waals surface area contributed by atoms with E-state index in [4.69, 9.17) is 0 Å². The molecule has 0 aromatic heterocycles. The third-order valence-corrected chi connectivity index (χ3v) is 1.92. The Kier molecular flexibility index (Phi) is 5.97. The van der Waals surface area contributed by atoms with Crippen LogP contribution in [0.2, 0.25) is 0 Å². The number of hydrogen-bond donors (Lipinski definition) is 1. The van der Waals surface area contributed by atoms with Crippen LogP contribution in [0.25, 0.3) is 0 Å². The first-order valence-electron chi connectivity index (χ1n) is 4.22. The molecule has 0 radical (unpaired) electrons. The minimum atomic E-state index is -1.18. The van der Waals surface area contributed by atoms with Gasteiger partial charge in [0.2, 0.25) is 0 Å². The number of carbonyl (C=O) groups excluding carboxylic acids is 3. The second-order valence-electron chi connectivity index (χ2n) is 3.01. The number of aldehydes is 3. The van der Waals surface area contributed by atoms with Crippen molar-refractivity contribution >= 4 is 18.9 Å². The average molecular weight is 186 g/mol. The van der Waals surface area contributed by atoms with E-state index in [0.29, 0.717) is 18.9 Å². The molecule has 4 nitrogen and oxygen atoms in total. The standard InChI is InChI=1S/C9H14O4/c10-6-1-3-9(13,5-8-12)4-2-7-11/h6-8,13H,1-5H2. The molecule has 0 aromatic carbocycles. The Balaban J connectivity index is 4.04. The maximum Gasteiger partial charge on any atom is 0.122 e. The van der Waals surface area contributed by atoms with Crippen LogP contribution in [0.5, 0.6) is 0 Å². The minimum absolute atomic E-state index is 0.0192. The van der Waals surface area contributed by atoms with E-state index in [0.717, 1.165) is 0 Å². The van der Waals surface area contributed by atoms with Crippen LogP contribution >= 0.6 is 0 Å². The highest BCUT2D eigenvalue weighted by Crippen LogP contribution is 2.21. The van der Waals surface area contributed by atoms with Crippen molar-refractivity contribution in [1.82, 2.24) is 0 Å². The van der Waals surface area contributed by atoms with Gasteiger partial charge in [0.1, 0.15) is 18.9 Å². The first kappa shape index (κ1) is 12.0. The quantitative estimate of drug-likeness (QED) is 0.552. The molecule has 0 fully saturated rings. The Morgan fingerprint density at radius 2 is 1.38 bits per heavy atom. The van der Waals surface area contributed by atoms with Gasteiger partial charge in [-0.3, -0.25) is 0 Å². The zero-order chi connectivity index (χ0) is 10.2. The van der Waals surface area contributed by atoms with Gasteiger partial charge in [0.05, 0.1) is 5.60 Å². The topological polar surface area (TPSA) is 71.4 Å². The van der Waals surface area contributed by atoms with Gasteiger partial charge in [-0.1, -0.05) is 0 Å². The zero-order valence-electron chi connectivity index (χ0n) is 7.44. The predicted molar refractivity (Wildman–Crippen MR) is 46.2 cm³/mol. The van der Waals surface area contributed by atoms with E-state index >= 15 is 0 Å². The lowest BCUT2D eigenvalue weighted by molar-refractivity contribution is -0.116. The van der Waals surface area contributed by atoms with E-state index in [2.05, 4.69) is 0 Å². The van der Waals surface area contributed by atoms with Crippen molar-refractivity contribution in [3.63, 3.8) is 0 Å². The second-order valence-corrected chi connectivity index (χ2v) is 3.01. The maximum absolute atomic E-state index is 10.2. The first-order valence-corrected chi connectivity index (χ1v) is 4.22. The molecule has 0 aliphatic carbocycles. The van der Waals surface area contributed by atoms with Gasteiger partial charge in [0, 0.05) is 19.3 Å². The second kappa shape index (κ2) is 6.48. The highest BCUT2D eigenvalue weighted by Gasteiger charge is 2.25. The molecule has 0 aromatic rings. The molecule has 0 rings (SSSR count). The van der Waals surface area contributed by atoms with Crippen LogP contribution in [0, 0.1) is 0 Å². The van der Waals surface area contributed by atoms with Gasteiger partial charge in [-0.15, -0.1) is 0 Å². The molecule has 1 N–H and O–H groups in total. The Morgan fingerprint density at radius 1 is 0.923 bits per heavy atom. The molecule has 0 aliphatic rings. The Labute approximate surface area is 76.9 Å². The third-order valence-electron chi connectivity index (χ3n) is 1.92. The van der Waals surface area contributed by atoms with Gasteiger partial charge in [-0.2, -0.15) is 0 Å². The van der Waals surface area contributed by atoms with Crippen molar-refractivity contribution in [2.75, 3.05) is 0 Å². The molecule has 0 amide bonds. The van der Waals surface area contributed by atoms with Crippen LogP contribution in [0.4, 0.5) is 0 Å². The fraction of sp³-hybridized carbons (Fsp3) is 0.667. The van der Waals surface area contributed by atoms with Crippen molar-refractivity contribution in [1.29, 1.82) is 0 Å². The monoisotopic (exact) mass is 186 g/mol. The summed E-state index contributed by atoms with van der Waals surface area (Å²) >= 11 is 0. The summed E-state index contributed by atoms with van der Waals surface area (Å²) in [5.74, 6) is 0.